The Kier molecular flexibility index (Phi) is 2.32. The van der Waals surface area contributed by atoms with Crippen LogP contribution >= 0.6 is 0 Å². The van der Waals surface area contributed by atoms with Crippen molar-refractivity contribution in [3.05, 3.63) is 40.8 Å². The minimum Gasteiger partial charge on any atom is -0.393 e. The molecule has 0 fully saturated rings. The highest BCUT2D eigenvalue weighted by Gasteiger charge is 2.13. The molecular formula is C10H10N4O2. The first-order valence-corrected chi connectivity index (χ1v) is 4.60. The Morgan fingerprint density at radius 3 is 2.81 bits per heavy atom. The summed E-state index contributed by atoms with van der Waals surface area (Å²) in [4.78, 5) is 14.3. The molecule has 6 heteroatoms. The van der Waals surface area contributed by atoms with E-state index in [9.17, 15) is 10.1 Å². The van der Waals surface area contributed by atoms with E-state index < -0.39 is 4.92 Å². The molecule has 6 nitrogen and oxygen atoms in total. The highest BCUT2D eigenvalue weighted by Crippen LogP contribution is 2.27. The Balaban J connectivity index is 2.51. The fourth-order valence-corrected chi connectivity index (χ4v) is 1.42. The summed E-state index contributed by atoms with van der Waals surface area (Å²) in [5.74, 6) is 0. The number of nitro groups is 1. The van der Waals surface area contributed by atoms with E-state index >= 15 is 0 Å². The van der Waals surface area contributed by atoms with Gasteiger partial charge >= 0.3 is 0 Å². The van der Waals surface area contributed by atoms with Gasteiger partial charge in [-0.25, -0.2) is 4.98 Å². The number of nitrogen functional groups attached to an aromatic ring is 1. The van der Waals surface area contributed by atoms with Crippen LogP contribution in [0.2, 0.25) is 0 Å². The zero-order chi connectivity index (χ0) is 11.7. The summed E-state index contributed by atoms with van der Waals surface area (Å²) in [5.41, 5.74) is 6.94. The van der Waals surface area contributed by atoms with E-state index in [1.54, 1.807) is 23.2 Å². The van der Waals surface area contributed by atoms with E-state index in [0.29, 0.717) is 11.3 Å². The monoisotopic (exact) mass is 218 g/mol. The molecule has 2 N–H and O–H groups in total. The molecule has 2 rings (SSSR count). The van der Waals surface area contributed by atoms with Crippen LogP contribution in [-0.2, 0) is 7.05 Å². The van der Waals surface area contributed by atoms with Gasteiger partial charge in [-0.3, -0.25) is 10.1 Å². The molecule has 0 amide bonds. The Bertz CT molecular complexity index is 548. The molecular weight excluding hydrogens is 208 g/mol. The van der Waals surface area contributed by atoms with Crippen LogP contribution in [-0.4, -0.2) is 14.5 Å². The lowest BCUT2D eigenvalue weighted by Gasteiger charge is -1.99. The number of aromatic nitrogens is 2. The largest absolute Gasteiger partial charge is 0.393 e. The van der Waals surface area contributed by atoms with E-state index in [4.69, 9.17) is 5.73 Å². The zero-order valence-electron chi connectivity index (χ0n) is 8.62. The van der Waals surface area contributed by atoms with E-state index in [-0.39, 0.29) is 11.4 Å². The third-order valence-corrected chi connectivity index (χ3v) is 2.23. The van der Waals surface area contributed by atoms with Crippen LogP contribution in [0.1, 0.15) is 0 Å². The van der Waals surface area contributed by atoms with E-state index in [0.717, 1.165) is 0 Å². The maximum absolute atomic E-state index is 10.7. The SMILES string of the molecule is Cn1cnc(-c2ccc(N)c([N+](=O)[O-])c2)c1. The van der Waals surface area contributed by atoms with Crippen molar-refractivity contribution in [3.8, 4) is 11.3 Å². The Morgan fingerprint density at radius 2 is 2.25 bits per heavy atom. The smallest absolute Gasteiger partial charge is 0.292 e. The number of hydrogen-bond acceptors (Lipinski definition) is 4. The van der Waals surface area contributed by atoms with Crippen molar-refractivity contribution in [2.24, 2.45) is 7.05 Å². The van der Waals surface area contributed by atoms with Crippen LogP contribution in [0.15, 0.2) is 30.7 Å². The molecule has 0 aliphatic carbocycles. The van der Waals surface area contributed by atoms with Crippen molar-refractivity contribution in [2.45, 2.75) is 0 Å². The zero-order valence-corrected chi connectivity index (χ0v) is 8.62. The maximum Gasteiger partial charge on any atom is 0.292 e. The predicted octanol–water partition coefficient (Wildman–Crippen LogP) is 1.58. The standard InChI is InChI=1S/C10H10N4O2/c1-13-5-9(12-6-13)7-2-3-8(11)10(4-7)14(15)16/h2-6H,11H2,1H3. The molecule has 0 atom stereocenters. The molecule has 1 aromatic carbocycles. The first kappa shape index (κ1) is 10.2. The van der Waals surface area contributed by atoms with Gasteiger partial charge in [0.2, 0.25) is 0 Å². The Morgan fingerprint density at radius 1 is 1.50 bits per heavy atom. The molecule has 1 aromatic heterocycles. The van der Waals surface area contributed by atoms with Crippen LogP contribution in [0.4, 0.5) is 11.4 Å². The normalized spacial score (nSPS) is 10.3. The van der Waals surface area contributed by atoms with Crippen molar-refractivity contribution < 1.29 is 4.92 Å². The molecule has 0 radical (unpaired) electrons. The summed E-state index contributed by atoms with van der Waals surface area (Å²) in [6, 6.07) is 4.66. The predicted molar refractivity (Wildman–Crippen MR) is 59.7 cm³/mol. The summed E-state index contributed by atoms with van der Waals surface area (Å²) >= 11 is 0. The fourth-order valence-electron chi connectivity index (χ4n) is 1.42. The highest BCUT2D eigenvalue weighted by molar-refractivity contribution is 5.69. The highest BCUT2D eigenvalue weighted by atomic mass is 16.6. The van der Waals surface area contributed by atoms with Gasteiger partial charge in [0.05, 0.1) is 16.9 Å². The van der Waals surface area contributed by atoms with Crippen molar-refractivity contribution in [1.29, 1.82) is 0 Å². The minimum atomic E-state index is -0.498. The third kappa shape index (κ3) is 1.72. The summed E-state index contributed by atoms with van der Waals surface area (Å²) in [6.07, 6.45) is 3.42. The maximum atomic E-state index is 10.7. The molecule has 82 valence electrons. The number of nitrogens with zero attached hydrogens (tertiary/aromatic N) is 3. The quantitative estimate of drug-likeness (QED) is 0.471. The minimum absolute atomic E-state index is 0.0943. The van der Waals surface area contributed by atoms with Crippen LogP contribution in [0.3, 0.4) is 0 Å². The van der Waals surface area contributed by atoms with Crippen LogP contribution < -0.4 is 5.73 Å². The molecule has 0 aliphatic heterocycles. The lowest BCUT2D eigenvalue weighted by Crippen LogP contribution is -1.95. The first-order valence-electron chi connectivity index (χ1n) is 4.60. The number of imidazole rings is 1. The topological polar surface area (TPSA) is 87.0 Å². The van der Waals surface area contributed by atoms with Crippen molar-refractivity contribution >= 4 is 11.4 Å². The molecule has 2 aromatic rings. The van der Waals surface area contributed by atoms with Gasteiger partial charge < -0.3 is 10.3 Å². The summed E-state index contributed by atoms with van der Waals surface area (Å²) < 4.78 is 1.78. The van der Waals surface area contributed by atoms with Crippen molar-refractivity contribution in [1.82, 2.24) is 9.55 Å². The molecule has 0 bridgehead atoms. The van der Waals surface area contributed by atoms with Gasteiger partial charge in [-0.1, -0.05) is 6.07 Å². The van der Waals surface area contributed by atoms with Gasteiger partial charge in [-0.2, -0.15) is 0 Å². The molecule has 0 saturated carbocycles. The van der Waals surface area contributed by atoms with Gasteiger partial charge in [0, 0.05) is 24.9 Å². The van der Waals surface area contributed by atoms with E-state index in [1.807, 2.05) is 7.05 Å². The fraction of sp³-hybridized carbons (Fsp3) is 0.100. The molecule has 1 heterocycles. The summed E-state index contributed by atoms with van der Waals surface area (Å²) in [5, 5.41) is 10.7. The number of aryl methyl sites for hydroxylation is 1. The van der Waals surface area contributed by atoms with Gasteiger partial charge in [0.25, 0.3) is 5.69 Å². The number of hydrogen-bond donors (Lipinski definition) is 1. The Labute approximate surface area is 91.5 Å². The number of anilines is 1. The second kappa shape index (κ2) is 3.65. The summed E-state index contributed by atoms with van der Waals surface area (Å²) in [7, 11) is 1.84. The van der Waals surface area contributed by atoms with E-state index in [2.05, 4.69) is 4.98 Å². The number of nitro benzene ring substituents is 1. The lowest BCUT2D eigenvalue weighted by molar-refractivity contribution is -0.383. The average Bonchev–Trinajstić information content (AvgIpc) is 2.65. The van der Waals surface area contributed by atoms with Crippen LogP contribution in [0, 0.1) is 10.1 Å². The first-order chi connectivity index (χ1) is 7.58. The molecule has 0 unspecified atom stereocenters. The number of nitrogens with two attached hydrogens (primary N) is 1. The van der Waals surface area contributed by atoms with Gasteiger partial charge in [0.1, 0.15) is 5.69 Å². The molecule has 0 aliphatic rings. The van der Waals surface area contributed by atoms with Crippen LogP contribution in [0.5, 0.6) is 0 Å². The summed E-state index contributed by atoms with van der Waals surface area (Å²) in [6.45, 7) is 0. The molecule has 0 spiro atoms. The van der Waals surface area contributed by atoms with Crippen molar-refractivity contribution in [3.63, 3.8) is 0 Å². The second-order valence-electron chi connectivity index (χ2n) is 3.46. The van der Waals surface area contributed by atoms with E-state index in [1.165, 1.54) is 12.1 Å². The lowest BCUT2D eigenvalue weighted by atomic mass is 10.1. The Hall–Kier alpha value is -2.37. The average molecular weight is 218 g/mol. The number of rotatable bonds is 2. The molecule has 0 saturated heterocycles. The van der Waals surface area contributed by atoms with Gasteiger partial charge in [-0.15, -0.1) is 0 Å². The second-order valence-corrected chi connectivity index (χ2v) is 3.46. The third-order valence-electron chi connectivity index (χ3n) is 2.23. The molecule has 16 heavy (non-hydrogen) atoms. The van der Waals surface area contributed by atoms with Gasteiger partial charge in [-0.05, 0) is 6.07 Å². The van der Waals surface area contributed by atoms with Gasteiger partial charge in [0.15, 0.2) is 0 Å². The van der Waals surface area contributed by atoms with Crippen molar-refractivity contribution in [2.75, 3.05) is 5.73 Å². The van der Waals surface area contributed by atoms with Crippen LogP contribution in [0.25, 0.3) is 11.3 Å². The number of benzene rings is 1.